The monoisotopic (exact) mass is 327 g/mol. The molecule has 1 aliphatic heterocycles. The van der Waals surface area contributed by atoms with Crippen molar-refractivity contribution in [2.24, 2.45) is 5.92 Å². The molecule has 0 aromatic heterocycles. The van der Waals surface area contributed by atoms with Crippen LogP contribution in [0.3, 0.4) is 0 Å². The summed E-state index contributed by atoms with van der Waals surface area (Å²) in [6.45, 7) is 0. The molecule has 1 saturated carbocycles. The highest BCUT2D eigenvalue weighted by molar-refractivity contribution is 7.97. The van der Waals surface area contributed by atoms with Crippen molar-refractivity contribution < 1.29 is 9.53 Å². The standard InChI is InChI=1S/C20H23O2S/c21-20(15-7-1-2-8-15)22-18-11-12-19(23-13-5-6-14-23)17-10-4-3-9-16(17)18/h3-4,9-12,15H,1-2,5-8,13-14H2/q+1. The zero-order valence-electron chi connectivity index (χ0n) is 13.4. The molecule has 120 valence electrons. The smallest absolute Gasteiger partial charge is 0.314 e. The Kier molecular flexibility index (Phi) is 4.30. The van der Waals surface area contributed by atoms with Gasteiger partial charge in [-0.3, -0.25) is 4.79 Å². The lowest BCUT2D eigenvalue weighted by Crippen LogP contribution is -2.18. The number of esters is 1. The van der Waals surface area contributed by atoms with E-state index in [-0.39, 0.29) is 11.9 Å². The van der Waals surface area contributed by atoms with Crippen LogP contribution < -0.4 is 4.74 Å². The Morgan fingerprint density at radius 2 is 1.61 bits per heavy atom. The number of ether oxygens (including phenoxy) is 1. The molecule has 23 heavy (non-hydrogen) atoms. The molecular weight excluding hydrogens is 304 g/mol. The molecule has 2 fully saturated rings. The maximum atomic E-state index is 12.4. The van der Waals surface area contributed by atoms with E-state index < -0.39 is 0 Å². The molecule has 2 aromatic rings. The third-order valence-electron chi connectivity index (χ3n) is 5.09. The summed E-state index contributed by atoms with van der Waals surface area (Å²) in [7, 11) is 0.371. The second kappa shape index (κ2) is 6.56. The maximum absolute atomic E-state index is 12.4. The highest BCUT2D eigenvalue weighted by atomic mass is 32.2. The molecule has 0 amide bonds. The van der Waals surface area contributed by atoms with E-state index in [2.05, 4.69) is 24.3 Å². The number of hydrogen-bond acceptors (Lipinski definition) is 2. The van der Waals surface area contributed by atoms with Crippen molar-refractivity contribution >= 4 is 27.6 Å². The first kappa shape index (κ1) is 15.1. The summed E-state index contributed by atoms with van der Waals surface area (Å²) >= 11 is 0. The minimum atomic E-state index is -0.0382. The van der Waals surface area contributed by atoms with Crippen LogP contribution in [0.1, 0.15) is 38.5 Å². The van der Waals surface area contributed by atoms with Gasteiger partial charge >= 0.3 is 5.97 Å². The van der Waals surface area contributed by atoms with Gasteiger partial charge in [0, 0.05) is 21.7 Å². The lowest BCUT2D eigenvalue weighted by atomic mass is 10.1. The topological polar surface area (TPSA) is 26.3 Å². The van der Waals surface area contributed by atoms with Crippen molar-refractivity contribution in [2.75, 3.05) is 11.5 Å². The molecule has 0 spiro atoms. The molecule has 0 atom stereocenters. The molecule has 1 saturated heterocycles. The highest BCUT2D eigenvalue weighted by Gasteiger charge is 2.30. The second-order valence-corrected chi connectivity index (χ2v) is 8.86. The van der Waals surface area contributed by atoms with Gasteiger partial charge < -0.3 is 4.74 Å². The molecule has 0 bridgehead atoms. The molecule has 1 heterocycles. The van der Waals surface area contributed by atoms with E-state index in [4.69, 9.17) is 4.74 Å². The normalized spacial score (nSPS) is 19.5. The Bertz CT molecular complexity index is 713. The SMILES string of the molecule is O=C(Oc1ccc([S+]2CCCC2)c2ccccc12)C1CCCC1. The van der Waals surface area contributed by atoms with E-state index in [0.717, 1.165) is 36.8 Å². The van der Waals surface area contributed by atoms with Crippen molar-refractivity contribution in [3.05, 3.63) is 36.4 Å². The second-order valence-electron chi connectivity index (χ2n) is 6.62. The van der Waals surface area contributed by atoms with Crippen LogP contribution in [0.4, 0.5) is 0 Å². The zero-order valence-corrected chi connectivity index (χ0v) is 14.2. The Labute approximate surface area is 140 Å². The summed E-state index contributed by atoms with van der Waals surface area (Å²) in [6.07, 6.45) is 6.97. The Hall–Kier alpha value is -1.48. The van der Waals surface area contributed by atoms with E-state index in [0.29, 0.717) is 10.9 Å². The molecule has 4 rings (SSSR count). The van der Waals surface area contributed by atoms with E-state index >= 15 is 0 Å². The van der Waals surface area contributed by atoms with Crippen LogP contribution in [-0.4, -0.2) is 17.5 Å². The van der Waals surface area contributed by atoms with Gasteiger partial charge in [-0.05, 0) is 43.9 Å². The van der Waals surface area contributed by atoms with Gasteiger partial charge in [0.05, 0.1) is 5.92 Å². The lowest BCUT2D eigenvalue weighted by Gasteiger charge is -2.13. The average molecular weight is 327 g/mol. The first-order valence-electron chi connectivity index (χ1n) is 8.74. The number of carbonyl (C=O) groups excluding carboxylic acids is 1. The Morgan fingerprint density at radius 3 is 2.35 bits per heavy atom. The molecule has 0 N–H and O–H groups in total. The number of rotatable bonds is 3. The summed E-state index contributed by atoms with van der Waals surface area (Å²) in [5.74, 6) is 3.43. The van der Waals surface area contributed by atoms with Crippen molar-refractivity contribution in [3.8, 4) is 5.75 Å². The van der Waals surface area contributed by atoms with Gasteiger partial charge in [-0.2, -0.15) is 0 Å². The molecule has 2 aliphatic rings. The lowest BCUT2D eigenvalue weighted by molar-refractivity contribution is -0.138. The van der Waals surface area contributed by atoms with Crippen molar-refractivity contribution in [3.63, 3.8) is 0 Å². The Morgan fingerprint density at radius 1 is 0.913 bits per heavy atom. The van der Waals surface area contributed by atoms with Crippen LogP contribution in [0, 0.1) is 5.92 Å². The van der Waals surface area contributed by atoms with Crippen LogP contribution >= 0.6 is 0 Å². The first-order valence-corrected chi connectivity index (χ1v) is 10.3. The summed E-state index contributed by atoms with van der Waals surface area (Å²) in [6, 6.07) is 12.6. The van der Waals surface area contributed by atoms with Crippen LogP contribution in [0.5, 0.6) is 5.75 Å². The van der Waals surface area contributed by atoms with Gasteiger partial charge in [-0.15, -0.1) is 0 Å². The van der Waals surface area contributed by atoms with Gasteiger partial charge in [0.15, 0.2) is 4.90 Å². The maximum Gasteiger partial charge on any atom is 0.314 e. The van der Waals surface area contributed by atoms with Gasteiger partial charge in [-0.1, -0.05) is 31.0 Å². The van der Waals surface area contributed by atoms with E-state index in [1.54, 1.807) is 0 Å². The fourth-order valence-corrected chi connectivity index (χ4v) is 6.31. The van der Waals surface area contributed by atoms with Gasteiger partial charge in [0.2, 0.25) is 0 Å². The van der Waals surface area contributed by atoms with E-state index in [9.17, 15) is 4.79 Å². The summed E-state index contributed by atoms with van der Waals surface area (Å²) in [5, 5.41) is 2.37. The third kappa shape index (κ3) is 2.99. The number of benzene rings is 2. The zero-order chi connectivity index (χ0) is 15.6. The van der Waals surface area contributed by atoms with Crippen LogP contribution in [-0.2, 0) is 15.7 Å². The van der Waals surface area contributed by atoms with Crippen molar-refractivity contribution in [1.82, 2.24) is 0 Å². The number of carbonyl (C=O) groups is 1. The summed E-state index contributed by atoms with van der Waals surface area (Å²) < 4.78 is 5.79. The minimum Gasteiger partial charge on any atom is -0.426 e. The third-order valence-corrected chi connectivity index (χ3v) is 7.63. The quantitative estimate of drug-likeness (QED) is 0.464. The predicted octanol–water partition coefficient (Wildman–Crippen LogP) is 4.71. The molecule has 1 aliphatic carbocycles. The van der Waals surface area contributed by atoms with Crippen LogP contribution in [0.25, 0.3) is 10.8 Å². The molecule has 0 unspecified atom stereocenters. The number of fused-ring (bicyclic) bond motifs is 1. The van der Waals surface area contributed by atoms with E-state index in [1.807, 2.05) is 12.1 Å². The van der Waals surface area contributed by atoms with Gasteiger partial charge in [0.25, 0.3) is 0 Å². The van der Waals surface area contributed by atoms with E-state index in [1.165, 1.54) is 34.6 Å². The molecular formula is C20H23O2S+. The molecule has 3 heteroatoms. The predicted molar refractivity (Wildman–Crippen MR) is 96.1 cm³/mol. The summed E-state index contributed by atoms with van der Waals surface area (Å²) in [4.78, 5) is 13.8. The molecule has 0 radical (unpaired) electrons. The summed E-state index contributed by atoms with van der Waals surface area (Å²) in [5.41, 5.74) is 0. The largest absolute Gasteiger partial charge is 0.426 e. The van der Waals surface area contributed by atoms with Crippen LogP contribution in [0.15, 0.2) is 41.3 Å². The van der Waals surface area contributed by atoms with Gasteiger partial charge in [-0.25, -0.2) is 0 Å². The fraction of sp³-hybridized carbons (Fsp3) is 0.450. The van der Waals surface area contributed by atoms with Gasteiger partial charge in [0.1, 0.15) is 17.3 Å². The molecule has 2 aromatic carbocycles. The molecule has 2 nitrogen and oxygen atoms in total. The highest BCUT2D eigenvalue weighted by Crippen LogP contribution is 2.35. The first-order chi connectivity index (χ1) is 11.3. The van der Waals surface area contributed by atoms with Crippen LogP contribution in [0.2, 0.25) is 0 Å². The van der Waals surface area contributed by atoms with Crippen molar-refractivity contribution in [2.45, 2.75) is 43.4 Å². The fourth-order valence-electron chi connectivity index (χ4n) is 3.81. The minimum absolute atomic E-state index is 0.0382. The van der Waals surface area contributed by atoms with Crippen molar-refractivity contribution in [1.29, 1.82) is 0 Å². The Balaban J connectivity index is 1.67. The average Bonchev–Trinajstić information content (AvgIpc) is 3.29. The number of hydrogen-bond donors (Lipinski definition) is 0.